The third kappa shape index (κ3) is 3.86. The van der Waals surface area contributed by atoms with Gasteiger partial charge >= 0.3 is 47.6 Å². The fraction of sp³-hybridized carbons (Fsp3) is 0.429. The van der Waals surface area contributed by atoms with Crippen LogP contribution in [0.15, 0.2) is 40.9 Å². The number of rotatable bonds is 7. The molecule has 226 valence electrons. The van der Waals surface area contributed by atoms with Crippen LogP contribution in [0.3, 0.4) is 0 Å². The third-order valence-corrected chi connectivity index (χ3v) is 6.71. The number of hydrogen-bond acceptors (Lipinski definition) is 0. The van der Waals surface area contributed by atoms with Gasteiger partial charge in [-0.15, -0.1) is 0 Å². The van der Waals surface area contributed by atoms with Gasteiger partial charge in [-0.3, -0.25) is 0 Å². The fourth-order valence-corrected chi connectivity index (χ4v) is 4.34. The molecule has 0 aromatic heterocycles. The van der Waals surface area contributed by atoms with E-state index in [1.807, 2.05) is 0 Å². The molecule has 2 aromatic rings. The summed E-state index contributed by atoms with van der Waals surface area (Å²) in [4.78, 5) is 0. The van der Waals surface area contributed by atoms with Crippen LogP contribution < -0.4 is 5.46 Å². The summed E-state index contributed by atoms with van der Waals surface area (Å²) in [5, 5.41) is 0. The molecule has 0 aliphatic heterocycles. The molecule has 0 spiro atoms. The summed E-state index contributed by atoms with van der Waals surface area (Å²) < 4.78 is 250. The second-order valence-electron chi connectivity index (χ2n) is 8.67. The van der Waals surface area contributed by atoms with Crippen LogP contribution in [-0.2, 0) is 5.67 Å². The fourth-order valence-electron chi connectivity index (χ4n) is 3.98. The number of alkyl halides is 18. The van der Waals surface area contributed by atoms with Crippen molar-refractivity contribution >= 4 is 29.2 Å². The Bertz CT molecular complexity index is 1310. The van der Waals surface area contributed by atoms with Gasteiger partial charge in [-0.05, 0) is 23.3 Å². The second-order valence-corrected chi connectivity index (χ2v) is 9.59. The molecule has 2 radical (unpaired) electrons. The van der Waals surface area contributed by atoms with E-state index in [0.29, 0.717) is 6.07 Å². The van der Waals surface area contributed by atoms with Crippen molar-refractivity contribution in [2.75, 3.05) is 0 Å². The minimum absolute atomic E-state index is 0.135. The molecule has 2 aromatic carbocycles. The molecule has 20 heteroatoms. The van der Waals surface area contributed by atoms with Crippen molar-refractivity contribution in [3.63, 3.8) is 0 Å². The summed E-state index contributed by atoms with van der Waals surface area (Å²) in [5.74, 6) is -58.8. The average molecular weight is 691 g/mol. The maximum Gasteiger partial charge on any atom is 0.460 e. The number of benzene rings is 2. The van der Waals surface area contributed by atoms with Crippen LogP contribution in [0.5, 0.6) is 0 Å². The topological polar surface area (TPSA) is 0 Å². The highest BCUT2D eigenvalue weighted by Gasteiger charge is 2.96. The first-order valence-electron chi connectivity index (χ1n) is 10.1. The molecule has 0 saturated carbocycles. The first-order valence-corrected chi connectivity index (χ1v) is 10.9. The van der Waals surface area contributed by atoms with E-state index in [4.69, 9.17) is 7.85 Å². The van der Waals surface area contributed by atoms with Crippen LogP contribution in [-0.4, -0.2) is 55.5 Å². The van der Waals surface area contributed by atoms with E-state index in [2.05, 4.69) is 15.9 Å². The normalized spacial score (nSPS) is 19.3. The maximum absolute atomic E-state index is 16.2. The van der Waals surface area contributed by atoms with E-state index < -0.39 is 85.5 Å². The highest BCUT2D eigenvalue weighted by Crippen LogP contribution is 2.68. The molecule has 1 unspecified atom stereocenters. The van der Waals surface area contributed by atoms with Crippen LogP contribution in [0, 0.1) is 0 Å². The van der Waals surface area contributed by atoms with Gasteiger partial charge in [0.15, 0.2) is 0 Å². The summed E-state index contributed by atoms with van der Waals surface area (Å²) in [6.45, 7) is 0. The molecule has 0 saturated heterocycles. The minimum atomic E-state index is -8.82. The molecule has 1 atom stereocenters. The molecule has 41 heavy (non-hydrogen) atoms. The third-order valence-electron chi connectivity index (χ3n) is 6.21. The molecular weight excluding hydrogens is 685 g/mol. The Morgan fingerprint density at radius 2 is 0.878 bits per heavy atom. The average Bonchev–Trinajstić information content (AvgIpc) is 3.06. The zero-order chi connectivity index (χ0) is 32.2. The van der Waals surface area contributed by atoms with Crippen molar-refractivity contribution in [3.8, 4) is 11.1 Å². The molecule has 1 aliphatic rings. The summed E-state index contributed by atoms with van der Waals surface area (Å²) in [6, 6.07) is 3.60. The predicted octanol–water partition coefficient (Wildman–Crippen LogP) is 8.45. The second kappa shape index (κ2) is 8.87. The summed E-state index contributed by atoms with van der Waals surface area (Å²) in [7, 11) is 5.28. The highest BCUT2D eigenvalue weighted by molar-refractivity contribution is 9.10. The van der Waals surface area contributed by atoms with E-state index in [1.54, 1.807) is 0 Å². The van der Waals surface area contributed by atoms with Gasteiger partial charge in [0.2, 0.25) is 5.67 Å². The van der Waals surface area contributed by atoms with E-state index in [-0.39, 0.29) is 12.1 Å². The Balaban J connectivity index is 2.30. The standard InChI is InChI=1S/C21H6BBrF18/c22-7-1-3-9-10-4-2-8(23)6-12(10)13(24,11(9)5-7)14(25,26)15(27,28)16(29,30)17(31,32)18(33,34)19(35,36)20(37,38)21(39,40)41/h1-6H. The smallest absolute Gasteiger partial charge is 0.226 e. The van der Waals surface area contributed by atoms with Crippen molar-refractivity contribution in [1.82, 2.24) is 0 Å². The van der Waals surface area contributed by atoms with Crippen LogP contribution in [0.4, 0.5) is 79.0 Å². The lowest BCUT2D eigenvalue weighted by Crippen LogP contribution is -2.75. The predicted molar refractivity (Wildman–Crippen MR) is 108 cm³/mol. The van der Waals surface area contributed by atoms with E-state index in [9.17, 15) is 65.9 Å². The lowest BCUT2D eigenvalue weighted by molar-refractivity contribution is -0.465. The van der Waals surface area contributed by atoms with Crippen molar-refractivity contribution in [1.29, 1.82) is 0 Å². The van der Waals surface area contributed by atoms with Gasteiger partial charge in [-0.1, -0.05) is 45.7 Å². The van der Waals surface area contributed by atoms with Gasteiger partial charge in [0.05, 0.1) is 0 Å². The van der Waals surface area contributed by atoms with Gasteiger partial charge in [0, 0.05) is 15.6 Å². The van der Waals surface area contributed by atoms with Crippen LogP contribution >= 0.6 is 15.9 Å². The van der Waals surface area contributed by atoms with E-state index in [1.165, 1.54) is 0 Å². The number of hydrogen-bond donors (Lipinski definition) is 0. The Hall–Kier alpha value is -2.28. The molecule has 0 heterocycles. The molecule has 0 nitrogen and oxygen atoms in total. The number of halogens is 19. The Kier molecular flexibility index (Phi) is 7.19. The summed E-state index contributed by atoms with van der Waals surface area (Å²) >= 11 is 2.61. The zero-order valence-corrected chi connectivity index (χ0v) is 20.3. The van der Waals surface area contributed by atoms with Gasteiger partial charge in [0.1, 0.15) is 7.85 Å². The van der Waals surface area contributed by atoms with Gasteiger partial charge < -0.3 is 0 Å². The molecular formula is C21H6BBrF18. The minimum Gasteiger partial charge on any atom is -0.226 e. The van der Waals surface area contributed by atoms with Crippen LogP contribution in [0.25, 0.3) is 11.1 Å². The molecule has 0 fully saturated rings. The SMILES string of the molecule is [B]c1ccc2c(c1)C(F)(C(F)(F)C(F)(F)C(F)(F)C(F)(F)C(F)(F)C(F)(F)C(F)(F)C(F)(F)F)c1cc(Br)ccc1-2. The molecule has 0 bridgehead atoms. The van der Waals surface area contributed by atoms with Gasteiger partial charge in [-0.2, -0.15) is 74.6 Å². The van der Waals surface area contributed by atoms with Crippen molar-refractivity contribution < 1.29 is 79.0 Å². The van der Waals surface area contributed by atoms with Crippen molar-refractivity contribution in [2.24, 2.45) is 0 Å². The summed E-state index contributed by atoms with van der Waals surface area (Å²) in [6.07, 6.45) is -7.87. The largest absolute Gasteiger partial charge is 0.460 e. The van der Waals surface area contributed by atoms with Crippen molar-refractivity contribution in [2.45, 2.75) is 53.3 Å². The van der Waals surface area contributed by atoms with Crippen molar-refractivity contribution in [3.05, 3.63) is 52.0 Å². The Morgan fingerprint density at radius 3 is 1.32 bits per heavy atom. The van der Waals surface area contributed by atoms with E-state index in [0.717, 1.165) is 18.2 Å². The Labute approximate surface area is 225 Å². The molecule has 0 N–H and O–H groups in total. The van der Waals surface area contributed by atoms with Crippen LogP contribution in [0.1, 0.15) is 11.1 Å². The van der Waals surface area contributed by atoms with Gasteiger partial charge in [-0.25, -0.2) is 4.39 Å². The zero-order valence-electron chi connectivity index (χ0n) is 18.7. The summed E-state index contributed by atoms with van der Waals surface area (Å²) in [5.41, 5.74) is -11.1. The van der Waals surface area contributed by atoms with E-state index >= 15 is 13.2 Å². The first-order chi connectivity index (χ1) is 18.0. The lowest BCUT2D eigenvalue weighted by atomic mass is 9.78. The first kappa shape index (κ1) is 33.2. The maximum atomic E-state index is 16.2. The Morgan fingerprint density at radius 1 is 0.512 bits per heavy atom. The highest BCUT2D eigenvalue weighted by atomic mass is 79.9. The number of fused-ring (bicyclic) bond motifs is 3. The van der Waals surface area contributed by atoms with Crippen LogP contribution in [0.2, 0.25) is 0 Å². The lowest BCUT2D eigenvalue weighted by Gasteiger charge is -2.45. The molecule has 1 aliphatic carbocycles. The molecule has 3 rings (SSSR count). The monoisotopic (exact) mass is 690 g/mol. The molecule has 0 amide bonds. The quantitative estimate of drug-likeness (QED) is 0.202. The van der Waals surface area contributed by atoms with Gasteiger partial charge in [0.25, 0.3) is 0 Å².